The maximum atomic E-state index is 11.7. The lowest BCUT2D eigenvalue weighted by atomic mass is 10.1. The van der Waals surface area contributed by atoms with Crippen molar-refractivity contribution in [3.63, 3.8) is 0 Å². The predicted molar refractivity (Wildman–Crippen MR) is 78.7 cm³/mol. The second kappa shape index (κ2) is 5.94. The van der Waals surface area contributed by atoms with E-state index < -0.39 is 0 Å². The third kappa shape index (κ3) is 2.86. The van der Waals surface area contributed by atoms with Crippen LogP contribution in [0, 0.1) is 0 Å². The van der Waals surface area contributed by atoms with Crippen molar-refractivity contribution in [2.75, 3.05) is 18.1 Å². The van der Waals surface area contributed by atoms with E-state index in [-0.39, 0.29) is 5.91 Å². The summed E-state index contributed by atoms with van der Waals surface area (Å²) in [5.74, 6) is 0.243. The van der Waals surface area contributed by atoms with Gasteiger partial charge in [-0.25, -0.2) is 0 Å². The zero-order chi connectivity index (χ0) is 13.9. The van der Waals surface area contributed by atoms with Gasteiger partial charge in [0.2, 0.25) is 5.91 Å². The number of nitrogens with zero attached hydrogens (tertiary/aromatic N) is 1. The summed E-state index contributed by atoms with van der Waals surface area (Å²) in [4.78, 5) is 13.6. The SMILES string of the molecule is CC1OCCC1NCc1ccc(N2CCCC2=O)cc1. The molecule has 2 saturated heterocycles. The van der Waals surface area contributed by atoms with Crippen LogP contribution in [-0.2, 0) is 16.1 Å². The van der Waals surface area contributed by atoms with Gasteiger partial charge in [-0.2, -0.15) is 0 Å². The van der Waals surface area contributed by atoms with Crippen LogP contribution in [0.5, 0.6) is 0 Å². The maximum Gasteiger partial charge on any atom is 0.227 e. The van der Waals surface area contributed by atoms with Gasteiger partial charge in [0.1, 0.15) is 0 Å². The van der Waals surface area contributed by atoms with Crippen LogP contribution in [0.2, 0.25) is 0 Å². The summed E-state index contributed by atoms with van der Waals surface area (Å²) in [5.41, 5.74) is 2.27. The van der Waals surface area contributed by atoms with Crippen LogP contribution >= 0.6 is 0 Å². The van der Waals surface area contributed by atoms with E-state index in [1.165, 1.54) is 5.56 Å². The second-order valence-corrected chi connectivity index (χ2v) is 5.67. The molecule has 20 heavy (non-hydrogen) atoms. The lowest BCUT2D eigenvalue weighted by molar-refractivity contribution is -0.117. The first-order valence-corrected chi connectivity index (χ1v) is 7.48. The number of amides is 1. The maximum absolute atomic E-state index is 11.7. The third-order valence-electron chi connectivity index (χ3n) is 4.27. The van der Waals surface area contributed by atoms with E-state index in [4.69, 9.17) is 4.74 Å². The highest BCUT2D eigenvalue weighted by atomic mass is 16.5. The van der Waals surface area contributed by atoms with Crippen LogP contribution < -0.4 is 10.2 Å². The highest BCUT2D eigenvalue weighted by Crippen LogP contribution is 2.21. The number of rotatable bonds is 4. The summed E-state index contributed by atoms with van der Waals surface area (Å²) in [7, 11) is 0. The van der Waals surface area contributed by atoms with Gasteiger partial charge in [-0.1, -0.05) is 12.1 Å². The molecule has 2 aliphatic heterocycles. The van der Waals surface area contributed by atoms with Crippen molar-refractivity contribution >= 4 is 11.6 Å². The molecule has 1 aromatic carbocycles. The fourth-order valence-corrected chi connectivity index (χ4v) is 2.96. The molecule has 4 heteroatoms. The van der Waals surface area contributed by atoms with Crippen molar-refractivity contribution in [3.05, 3.63) is 29.8 Å². The van der Waals surface area contributed by atoms with Crippen LogP contribution in [0.3, 0.4) is 0 Å². The average Bonchev–Trinajstić information content (AvgIpc) is 3.06. The van der Waals surface area contributed by atoms with Crippen LogP contribution in [0.25, 0.3) is 0 Å². The molecule has 0 saturated carbocycles. The van der Waals surface area contributed by atoms with Gasteiger partial charge >= 0.3 is 0 Å². The highest BCUT2D eigenvalue weighted by Gasteiger charge is 2.23. The minimum atomic E-state index is 0.243. The number of carbonyl (C=O) groups is 1. The molecule has 2 atom stereocenters. The van der Waals surface area contributed by atoms with Gasteiger partial charge in [0.05, 0.1) is 6.10 Å². The number of benzene rings is 1. The van der Waals surface area contributed by atoms with Gasteiger partial charge in [0.15, 0.2) is 0 Å². The van der Waals surface area contributed by atoms with Crippen molar-refractivity contribution in [1.82, 2.24) is 5.32 Å². The van der Waals surface area contributed by atoms with Crippen LogP contribution in [-0.4, -0.2) is 31.2 Å². The van der Waals surface area contributed by atoms with Crippen LogP contribution in [0.4, 0.5) is 5.69 Å². The van der Waals surface area contributed by atoms with Gasteiger partial charge in [-0.05, 0) is 37.5 Å². The number of ether oxygens (including phenoxy) is 1. The van der Waals surface area contributed by atoms with Gasteiger partial charge in [0, 0.05) is 37.8 Å². The van der Waals surface area contributed by atoms with E-state index in [1.807, 2.05) is 4.90 Å². The molecule has 0 radical (unpaired) electrons. The van der Waals surface area contributed by atoms with Crippen LogP contribution in [0.1, 0.15) is 31.7 Å². The molecule has 1 N–H and O–H groups in total. The third-order valence-corrected chi connectivity index (χ3v) is 4.27. The topological polar surface area (TPSA) is 41.6 Å². The van der Waals surface area contributed by atoms with E-state index in [0.717, 1.165) is 38.2 Å². The zero-order valence-electron chi connectivity index (χ0n) is 12.0. The zero-order valence-corrected chi connectivity index (χ0v) is 12.0. The summed E-state index contributed by atoms with van der Waals surface area (Å²) in [6, 6.07) is 8.77. The predicted octanol–water partition coefficient (Wildman–Crippen LogP) is 2.08. The van der Waals surface area contributed by atoms with Crippen molar-refractivity contribution in [2.24, 2.45) is 0 Å². The molecule has 1 amide bonds. The molecule has 2 aliphatic rings. The van der Waals surface area contributed by atoms with E-state index in [9.17, 15) is 4.79 Å². The fraction of sp³-hybridized carbons (Fsp3) is 0.562. The molecule has 0 spiro atoms. The fourth-order valence-electron chi connectivity index (χ4n) is 2.96. The first kappa shape index (κ1) is 13.6. The average molecular weight is 274 g/mol. The van der Waals surface area contributed by atoms with Crippen molar-refractivity contribution in [3.8, 4) is 0 Å². The minimum Gasteiger partial charge on any atom is -0.377 e. The molecule has 4 nitrogen and oxygen atoms in total. The van der Waals surface area contributed by atoms with Gasteiger partial charge in [0.25, 0.3) is 0 Å². The molecule has 1 aromatic rings. The molecule has 2 heterocycles. The number of carbonyl (C=O) groups excluding carboxylic acids is 1. The Kier molecular flexibility index (Phi) is 4.03. The normalized spacial score (nSPS) is 26.4. The lowest BCUT2D eigenvalue weighted by Gasteiger charge is -2.18. The van der Waals surface area contributed by atoms with Crippen molar-refractivity contribution in [2.45, 2.75) is 44.9 Å². The van der Waals surface area contributed by atoms with Gasteiger partial charge in [-0.15, -0.1) is 0 Å². The molecule has 2 unspecified atom stereocenters. The Morgan fingerprint density at radius 2 is 2.15 bits per heavy atom. The Balaban J connectivity index is 1.57. The van der Waals surface area contributed by atoms with Gasteiger partial charge in [-0.3, -0.25) is 4.79 Å². The van der Waals surface area contributed by atoms with E-state index >= 15 is 0 Å². The summed E-state index contributed by atoms with van der Waals surface area (Å²) >= 11 is 0. The molecule has 3 rings (SSSR count). The number of hydrogen-bond donors (Lipinski definition) is 1. The molecule has 0 aliphatic carbocycles. The number of anilines is 1. The molecule has 0 aromatic heterocycles. The summed E-state index contributed by atoms with van der Waals surface area (Å²) in [6.07, 6.45) is 3.04. The van der Waals surface area contributed by atoms with E-state index in [1.54, 1.807) is 0 Å². The first-order valence-electron chi connectivity index (χ1n) is 7.48. The lowest BCUT2D eigenvalue weighted by Crippen LogP contribution is -2.34. The summed E-state index contributed by atoms with van der Waals surface area (Å²) < 4.78 is 5.55. The number of hydrogen-bond acceptors (Lipinski definition) is 3. The monoisotopic (exact) mass is 274 g/mol. The Bertz CT molecular complexity index is 472. The highest BCUT2D eigenvalue weighted by molar-refractivity contribution is 5.95. The molecule has 108 valence electrons. The summed E-state index contributed by atoms with van der Waals surface area (Å²) in [6.45, 7) is 4.68. The Morgan fingerprint density at radius 1 is 1.35 bits per heavy atom. The second-order valence-electron chi connectivity index (χ2n) is 5.67. The quantitative estimate of drug-likeness (QED) is 0.914. The molecule has 2 fully saturated rings. The Hall–Kier alpha value is -1.39. The molecular weight excluding hydrogens is 252 g/mol. The number of nitrogens with one attached hydrogen (secondary N) is 1. The first-order chi connectivity index (χ1) is 9.74. The minimum absolute atomic E-state index is 0.243. The van der Waals surface area contributed by atoms with Crippen LogP contribution in [0.15, 0.2) is 24.3 Å². The van der Waals surface area contributed by atoms with Crippen molar-refractivity contribution < 1.29 is 9.53 Å². The Morgan fingerprint density at radius 3 is 2.75 bits per heavy atom. The van der Waals surface area contributed by atoms with E-state index in [0.29, 0.717) is 18.6 Å². The largest absolute Gasteiger partial charge is 0.377 e. The van der Waals surface area contributed by atoms with E-state index in [2.05, 4.69) is 36.5 Å². The molecule has 0 bridgehead atoms. The Labute approximate surface area is 120 Å². The molecular formula is C16H22N2O2. The standard InChI is InChI=1S/C16H22N2O2/c1-12-15(8-10-20-12)17-11-13-4-6-14(7-5-13)18-9-2-3-16(18)19/h4-7,12,15,17H,2-3,8-11H2,1H3. The van der Waals surface area contributed by atoms with Crippen molar-refractivity contribution in [1.29, 1.82) is 0 Å². The van der Waals surface area contributed by atoms with Gasteiger partial charge < -0.3 is 15.0 Å². The smallest absolute Gasteiger partial charge is 0.227 e. The summed E-state index contributed by atoms with van der Waals surface area (Å²) in [5, 5.41) is 3.54.